The van der Waals surface area contributed by atoms with Gasteiger partial charge in [-0.25, -0.2) is 9.78 Å². The maximum atomic E-state index is 11.5. The van der Waals surface area contributed by atoms with Crippen LogP contribution in [0.1, 0.15) is 13.8 Å². The molecule has 6 heteroatoms. The SMILES string of the molecule is C=C(CSc1nc2ccc(OCC)cc2[nH]1)C(=O)OCC. The number of imidazole rings is 1. The number of hydrogen-bond acceptors (Lipinski definition) is 5. The summed E-state index contributed by atoms with van der Waals surface area (Å²) < 4.78 is 10.3. The number of carbonyl (C=O) groups excluding carboxylic acids is 1. The Morgan fingerprint density at radius 1 is 1.38 bits per heavy atom. The van der Waals surface area contributed by atoms with E-state index < -0.39 is 0 Å². The Morgan fingerprint density at radius 2 is 2.19 bits per heavy atom. The number of esters is 1. The van der Waals surface area contributed by atoms with Crippen molar-refractivity contribution in [1.82, 2.24) is 9.97 Å². The van der Waals surface area contributed by atoms with E-state index in [0.29, 0.717) is 24.5 Å². The van der Waals surface area contributed by atoms with Gasteiger partial charge in [-0.15, -0.1) is 0 Å². The standard InChI is InChI=1S/C15H18N2O3S/c1-4-19-11-6-7-12-13(8-11)17-15(16-12)21-9-10(3)14(18)20-5-2/h6-8H,3-5,9H2,1-2H3,(H,16,17). The zero-order valence-electron chi connectivity index (χ0n) is 12.1. The number of aromatic nitrogens is 2. The third kappa shape index (κ3) is 4.01. The zero-order valence-corrected chi connectivity index (χ0v) is 13.0. The first-order chi connectivity index (χ1) is 10.1. The molecule has 0 fully saturated rings. The first-order valence-electron chi connectivity index (χ1n) is 6.74. The molecule has 1 aromatic heterocycles. The molecule has 0 bridgehead atoms. The zero-order chi connectivity index (χ0) is 15.2. The molecule has 21 heavy (non-hydrogen) atoms. The number of nitrogens with zero attached hydrogens (tertiary/aromatic N) is 1. The second-order valence-corrected chi connectivity index (χ2v) is 5.23. The summed E-state index contributed by atoms with van der Waals surface area (Å²) in [5.74, 6) is 0.887. The highest BCUT2D eigenvalue weighted by Gasteiger charge is 2.10. The Bertz CT molecular complexity index is 651. The molecule has 1 N–H and O–H groups in total. The highest BCUT2D eigenvalue weighted by atomic mass is 32.2. The van der Waals surface area contributed by atoms with Crippen LogP contribution in [-0.2, 0) is 9.53 Å². The van der Waals surface area contributed by atoms with Gasteiger partial charge in [-0.2, -0.15) is 0 Å². The number of H-pyrrole nitrogens is 1. The minimum atomic E-state index is -0.361. The number of rotatable bonds is 7. The number of thioether (sulfide) groups is 1. The summed E-state index contributed by atoms with van der Waals surface area (Å²) in [5.41, 5.74) is 2.20. The summed E-state index contributed by atoms with van der Waals surface area (Å²) in [7, 11) is 0. The molecule has 1 aromatic carbocycles. The van der Waals surface area contributed by atoms with Crippen LogP contribution in [0.5, 0.6) is 5.75 Å². The van der Waals surface area contributed by atoms with Crippen LogP contribution in [0.4, 0.5) is 0 Å². The van der Waals surface area contributed by atoms with E-state index in [-0.39, 0.29) is 5.97 Å². The number of nitrogens with one attached hydrogen (secondary N) is 1. The van der Waals surface area contributed by atoms with Crippen molar-refractivity contribution in [2.24, 2.45) is 0 Å². The van der Waals surface area contributed by atoms with Crippen LogP contribution in [0.15, 0.2) is 35.5 Å². The number of aromatic amines is 1. The molecule has 0 atom stereocenters. The molecule has 0 radical (unpaired) electrons. The minimum Gasteiger partial charge on any atom is -0.494 e. The predicted octanol–water partition coefficient (Wildman–Crippen LogP) is 3.17. The van der Waals surface area contributed by atoms with Crippen molar-refractivity contribution < 1.29 is 14.3 Å². The summed E-state index contributed by atoms with van der Waals surface area (Å²) in [5, 5.41) is 0.740. The monoisotopic (exact) mass is 306 g/mol. The molecule has 0 aliphatic heterocycles. The number of hydrogen-bond donors (Lipinski definition) is 1. The van der Waals surface area contributed by atoms with Crippen molar-refractivity contribution in [3.8, 4) is 5.75 Å². The Hall–Kier alpha value is -1.95. The van der Waals surface area contributed by atoms with E-state index in [4.69, 9.17) is 9.47 Å². The van der Waals surface area contributed by atoms with Crippen LogP contribution in [-0.4, -0.2) is 34.9 Å². The van der Waals surface area contributed by atoms with Gasteiger partial charge >= 0.3 is 5.97 Å². The number of fused-ring (bicyclic) bond motifs is 1. The maximum Gasteiger partial charge on any atom is 0.334 e. The number of benzene rings is 1. The van der Waals surface area contributed by atoms with Crippen molar-refractivity contribution in [3.05, 3.63) is 30.4 Å². The average molecular weight is 306 g/mol. The van der Waals surface area contributed by atoms with Gasteiger partial charge in [-0.1, -0.05) is 18.3 Å². The number of ether oxygens (including phenoxy) is 2. The quantitative estimate of drug-likeness (QED) is 0.483. The summed E-state index contributed by atoms with van der Waals surface area (Å²) in [4.78, 5) is 19.1. The molecule has 0 saturated heterocycles. The Kier molecular flexibility index (Phi) is 5.27. The van der Waals surface area contributed by atoms with Gasteiger partial charge in [-0.3, -0.25) is 0 Å². The number of carbonyl (C=O) groups is 1. The first kappa shape index (κ1) is 15.4. The van der Waals surface area contributed by atoms with Crippen LogP contribution >= 0.6 is 11.8 Å². The van der Waals surface area contributed by atoms with Gasteiger partial charge in [0.05, 0.1) is 24.2 Å². The molecule has 112 valence electrons. The molecule has 0 aliphatic carbocycles. The van der Waals surface area contributed by atoms with Gasteiger partial charge in [-0.05, 0) is 26.0 Å². The fourth-order valence-corrected chi connectivity index (χ4v) is 2.51. The van der Waals surface area contributed by atoms with Gasteiger partial charge in [0.25, 0.3) is 0 Å². The van der Waals surface area contributed by atoms with Gasteiger partial charge in [0.1, 0.15) is 5.75 Å². The smallest absolute Gasteiger partial charge is 0.334 e. The van der Waals surface area contributed by atoms with Crippen molar-refractivity contribution in [1.29, 1.82) is 0 Å². The lowest BCUT2D eigenvalue weighted by Crippen LogP contribution is -2.08. The second-order valence-electron chi connectivity index (χ2n) is 4.27. The van der Waals surface area contributed by atoms with E-state index in [2.05, 4.69) is 16.5 Å². The molecule has 0 saturated carbocycles. The van der Waals surface area contributed by atoms with Crippen LogP contribution in [0, 0.1) is 0 Å². The minimum absolute atomic E-state index is 0.355. The van der Waals surface area contributed by atoms with Gasteiger partial charge in [0, 0.05) is 17.4 Å². The van der Waals surface area contributed by atoms with Crippen molar-refractivity contribution in [2.45, 2.75) is 19.0 Å². The molecule has 2 rings (SSSR count). The highest BCUT2D eigenvalue weighted by Crippen LogP contribution is 2.24. The second kappa shape index (κ2) is 7.17. The van der Waals surface area contributed by atoms with E-state index in [1.54, 1.807) is 6.92 Å². The molecule has 0 spiro atoms. The lowest BCUT2D eigenvalue weighted by Gasteiger charge is -2.03. The molecule has 0 aliphatic rings. The third-order valence-corrected chi connectivity index (χ3v) is 3.65. The topological polar surface area (TPSA) is 64.2 Å². The van der Waals surface area contributed by atoms with Crippen LogP contribution in [0.2, 0.25) is 0 Å². The van der Waals surface area contributed by atoms with Gasteiger partial charge in [0.2, 0.25) is 0 Å². The van der Waals surface area contributed by atoms with Crippen molar-refractivity contribution in [3.63, 3.8) is 0 Å². The average Bonchev–Trinajstić information content (AvgIpc) is 2.87. The lowest BCUT2D eigenvalue weighted by molar-refractivity contribution is -0.138. The molecule has 1 heterocycles. The van der Waals surface area contributed by atoms with Gasteiger partial charge < -0.3 is 14.5 Å². The molecule has 5 nitrogen and oxygen atoms in total. The fraction of sp³-hybridized carbons (Fsp3) is 0.333. The van der Waals surface area contributed by atoms with E-state index >= 15 is 0 Å². The van der Waals surface area contributed by atoms with Crippen molar-refractivity contribution >= 4 is 28.8 Å². The Labute approximate surface area is 127 Å². The summed E-state index contributed by atoms with van der Waals surface area (Å²) in [6.07, 6.45) is 0. The summed E-state index contributed by atoms with van der Waals surface area (Å²) in [6.45, 7) is 8.42. The normalized spacial score (nSPS) is 10.6. The van der Waals surface area contributed by atoms with E-state index in [1.807, 2.05) is 25.1 Å². The van der Waals surface area contributed by atoms with E-state index in [1.165, 1.54) is 11.8 Å². The van der Waals surface area contributed by atoms with E-state index in [0.717, 1.165) is 21.9 Å². The molecular formula is C15H18N2O3S. The van der Waals surface area contributed by atoms with E-state index in [9.17, 15) is 4.79 Å². The fourth-order valence-electron chi connectivity index (χ4n) is 1.74. The first-order valence-corrected chi connectivity index (χ1v) is 7.72. The summed E-state index contributed by atoms with van der Waals surface area (Å²) >= 11 is 1.42. The Balaban J connectivity index is 2.02. The largest absolute Gasteiger partial charge is 0.494 e. The van der Waals surface area contributed by atoms with Crippen LogP contribution in [0.25, 0.3) is 11.0 Å². The van der Waals surface area contributed by atoms with Crippen LogP contribution in [0.3, 0.4) is 0 Å². The third-order valence-electron chi connectivity index (χ3n) is 2.69. The van der Waals surface area contributed by atoms with Crippen LogP contribution < -0.4 is 4.74 Å². The molecule has 0 amide bonds. The summed E-state index contributed by atoms with van der Waals surface area (Å²) in [6, 6.07) is 5.70. The molecular weight excluding hydrogens is 288 g/mol. The predicted molar refractivity (Wildman–Crippen MR) is 83.8 cm³/mol. The molecule has 0 unspecified atom stereocenters. The van der Waals surface area contributed by atoms with Crippen molar-refractivity contribution in [2.75, 3.05) is 19.0 Å². The lowest BCUT2D eigenvalue weighted by atomic mass is 10.3. The highest BCUT2D eigenvalue weighted by molar-refractivity contribution is 7.99. The molecule has 2 aromatic rings. The maximum absolute atomic E-state index is 11.5. The Morgan fingerprint density at radius 3 is 2.90 bits per heavy atom. The van der Waals surface area contributed by atoms with Gasteiger partial charge in [0.15, 0.2) is 5.16 Å².